The fourth-order valence-corrected chi connectivity index (χ4v) is 3.12. The van der Waals surface area contributed by atoms with Crippen LogP contribution in [0.3, 0.4) is 0 Å². The number of hydrogen-bond acceptors (Lipinski definition) is 3. The van der Waals surface area contributed by atoms with Gasteiger partial charge in [0.25, 0.3) is 0 Å². The summed E-state index contributed by atoms with van der Waals surface area (Å²) < 4.78 is 0. The number of benzene rings is 1. The zero-order valence-corrected chi connectivity index (χ0v) is 13.3. The summed E-state index contributed by atoms with van der Waals surface area (Å²) in [6, 6.07) is 12.0. The third-order valence-electron chi connectivity index (χ3n) is 4.33. The maximum absolute atomic E-state index is 12.8. The minimum absolute atomic E-state index is 0.0542. The summed E-state index contributed by atoms with van der Waals surface area (Å²) in [6.07, 6.45) is 6.26. The van der Waals surface area contributed by atoms with E-state index in [9.17, 15) is 4.79 Å². The Morgan fingerprint density at radius 1 is 1.32 bits per heavy atom. The molecule has 0 spiro atoms. The van der Waals surface area contributed by atoms with Gasteiger partial charge in [-0.05, 0) is 25.5 Å². The number of rotatable bonds is 6. The van der Waals surface area contributed by atoms with E-state index in [1.54, 1.807) is 0 Å². The zero-order valence-electron chi connectivity index (χ0n) is 13.3. The molecule has 1 N–H and O–H groups in total. The molecule has 0 saturated heterocycles. The van der Waals surface area contributed by atoms with Crippen molar-refractivity contribution in [3.05, 3.63) is 35.9 Å². The first-order valence-corrected chi connectivity index (χ1v) is 8.15. The normalized spacial score (nSPS) is 17.0. The standard InChI is InChI=1S/C18H25N3O/c1-21(14-8-13-19)17(15-9-4-2-5-10-15)18(22)20-16-11-6-3-7-12-16/h2,4-5,9-10,16-17H,3,6-8,11-12,14H2,1H3,(H,20,22). The van der Waals surface area contributed by atoms with Crippen LogP contribution < -0.4 is 5.32 Å². The molecule has 1 aliphatic carbocycles. The first kappa shape index (κ1) is 16.5. The number of nitrogens with zero attached hydrogens (tertiary/aromatic N) is 2. The zero-order chi connectivity index (χ0) is 15.8. The quantitative estimate of drug-likeness (QED) is 0.878. The maximum Gasteiger partial charge on any atom is 0.242 e. The van der Waals surface area contributed by atoms with Crippen LogP contribution in [0.4, 0.5) is 0 Å². The van der Waals surface area contributed by atoms with Gasteiger partial charge < -0.3 is 5.32 Å². The Bertz CT molecular complexity index is 503. The van der Waals surface area contributed by atoms with Gasteiger partial charge in [-0.2, -0.15) is 5.26 Å². The summed E-state index contributed by atoms with van der Waals surface area (Å²) in [6.45, 7) is 0.591. The van der Waals surface area contributed by atoms with Gasteiger partial charge >= 0.3 is 0 Å². The Morgan fingerprint density at radius 2 is 2.00 bits per heavy atom. The fourth-order valence-electron chi connectivity index (χ4n) is 3.12. The first-order valence-electron chi connectivity index (χ1n) is 8.15. The van der Waals surface area contributed by atoms with Crippen molar-refractivity contribution < 1.29 is 4.79 Å². The topological polar surface area (TPSA) is 56.1 Å². The minimum Gasteiger partial charge on any atom is -0.352 e. The van der Waals surface area contributed by atoms with E-state index < -0.39 is 0 Å². The number of amides is 1. The van der Waals surface area contributed by atoms with Crippen molar-refractivity contribution in [3.8, 4) is 6.07 Å². The molecule has 4 heteroatoms. The number of carbonyl (C=O) groups excluding carboxylic acids is 1. The number of hydrogen-bond donors (Lipinski definition) is 1. The number of likely N-dealkylation sites (N-methyl/N-ethyl adjacent to an activating group) is 1. The van der Waals surface area contributed by atoms with Crippen molar-refractivity contribution in [2.75, 3.05) is 13.6 Å². The summed E-state index contributed by atoms with van der Waals surface area (Å²) in [5.41, 5.74) is 0.983. The van der Waals surface area contributed by atoms with Crippen LogP contribution >= 0.6 is 0 Å². The maximum atomic E-state index is 12.8. The lowest BCUT2D eigenvalue weighted by atomic mass is 9.94. The van der Waals surface area contributed by atoms with Crippen LogP contribution in [0, 0.1) is 11.3 Å². The van der Waals surface area contributed by atoms with E-state index in [1.807, 2.05) is 42.3 Å². The molecule has 1 atom stereocenters. The Morgan fingerprint density at radius 3 is 2.64 bits per heavy atom. The van der Waals surface area contributed by atoms with Gasteiger partial charge in [-0.25, -0.2) is 0 Å². The number of nitrogens with one attached hydrogen (secondary N) is 1. The van der Waals surface area contributed by atoms with Gasteiger partial charge in [-0.15, -0.1) is 0 Å². The fraction of sp³-hybridized carbons (Fsp3) is 0.556. The molecule has 2 rings (SSSR count). The summed E-state index contributed by atoms with van der Waals surface area (Å²) in [4.78, 5) is 14.7. The molecule has 1 aromatic rings. The molecule has 0 heterocycles. The molecule has 1 fully saturated rings. The van der Waals surface area contributed by atoms with E-state index in [2.05, 4.69) is 11.4 Å². The van der Waals surface area contributed by atoms with Crippen LogP contribution in [0.15, 0.2) is 30.3 Å². The van der Waals surface area contributed by atoms with Gasteiger partial charge in [0, 0.05) is 19.0 Å². The van der Waals surface area contributed by atoms with Gasteiger partial charge in [0.1, 0.15) is 6.04 Å². The lowest BCUT2D eigenvalue weighted by Crippen LogP contribution is -2.44. The highest BCUT2D eigenvalue weighted by molar-refractivity contribution is 5.83. The van der Waals surface area contributed by atoms with E-state index in [-0.39, 0.29) is 11.9 Å². The van der Waals surface area contributed by atoms with Gasteiger partial charge in [-0.3, -0.25) is 9.69 Å². The van der Waals surface area contributed by atoms with E-state index in [4.69, 9.17) is 5.26 Å². The average Bonchev–Trinajstić information content (AvgIpc) is 2.55. The first-order chi connectivity index (χ1) is 10.7. The molecule has 0 aromatic heterocycles. The predicted octanol–water partition coefficient (Wildman–Crippen LogP) is 3.02. The molecule has 1 amide bonds. The second-order valence-electron chi connectivity index (χ2n) is 6.05. The summed E-state index contributed by atoms with van der Waals surface area (Å²) in [7, 11) is 1.91. The lowest BCUT2D eigenvalue weighted by molar-refractivity contribution is -0.127. The lowest BCUT2D eigenvalue weighted by Gasteiger charge is -2.30. The monoisotopic (exact) mass is 299 g/mol. The molecule has 1 aromatic carbocycles. The smallest absolute Gasteiger partial charge is 0.242 e. The highest BCUT2D eigenvalue weighted by Gasteiger charge is 2.27. The highest BCUT2D eigenvalue weighted by Crippen LogP contribution is 2.22. The largest absolute Gasteiger partial charge is 0.352 e. The third kappa shape index (κ3) is 4.57. The van der Waals surface area contributed by atoms with Gasteiger partial charge in [0.15, 0.2) is 0 Å². The highest BCUT2D eigenvalue weighted by atomic mass is 16.2. The van der Waals surface area contributed by atoms with Gasteiger partial charge in [0.05, 0.1) is 6.07 Å². The second-order valence-corrected chi connectivity index (χ2v) is 6.05. The van der Waals surface area contributed by atoms with Crippen molar-refractivity contribution in [3.63, 3.8) is 0 Å². The second kappa shape index (κ2) is 8.55. The summed E-state index contributed by atoms with van der Waals surface area (Å²) >= 11 is 0. The predicted molar refractivity (Wildman–Crippen MR) is 87.1 cm³/mol. The van der Waals surface area contributed by atoms with Crippen molar-refractivity contribution in [1.82, 2.24) is 10.2 Å². The third-order valence-corrected chi connectivity index (χ3v) is 4.33. The molecule has 4 nitrogen and oxygen atoms in total. The van der Waals surface area contributed by atoms with Crippen LogP contribution in [-0.4, -0.2) is 30.4 Å². The molecule has 1 unspecified atom stereocenters. The van der Waals surface area contributed by atoms with Crippen LogP contribution in [0.1, 0.15) is 50.1 Å². The van der Waals surface area contributed by atoms with Crippen LogP contribution in [-0.2, 0) is 4.79 Å². The number of carbonyl (C=O) groups is 1. The molecule has 0 radical (unpaired) electrons. The van der Waals surface area contributed by atoms with Gasteiger partial charge in [0.2, 0.25) is 5.91 Å². The average molecular weight is 299 g/mol. The minimum atomic E-state index is -0.323. The summed E-state index contributed by atoms with van der Waals surface area (Å²) in [5.74, 6) is 0.0542. The molecule has 118 valence electrons. The van der Waals surface area contributed by atoms with Crippen molar-refractivity contribution >= 4 is 5.91 Å². The Balaban J connectivity index is 2.09. The van der Waals surface area contributed by atoms with Crippen molar-refractivity contribution in [2.45, 2.75) is 50.6 Å². The molecule has 0 aliphatic heterocycles. The number of nitriles is 1. The summed E-state index contributed by atoms with van der Waals surface area (Å²) in [5, 5.41) is 12.0. The van der Waals surface area contributed by atoms with E-state index in [0.717, 1.165) is 18.4 Å². The molecule has 22 heavy (non-hydrogen) atoms. The van der Waals surface area contributed by atoms with Crippen molar-refractivity contribution in [2.24, 2.45) is 0 Å². The molecule has 0 bridgehead atoms. The van der Waals surface area contributed by atoms with Crippen LogP contribution in [0.5, 0.6) is 0 Å². The van der Waals surface area contributed by atoms with Gasteiger partial charge in [-0.1, -0.05) is 49.6 Å². The Labute approximate surface area is 133 Å². The Kier molecular flexibility index (Phi) is 6.42. The molecular formula is C18H25N3O. The Hall–Kier alpha value is -1.86. The molecule has 1 aliphatic rings. The van der Waals surface area contributed by atoms with E-state index in [0.29, 0.717) is 19.0 Å². The molecule has 1 saturated carbocycles. The van der Waals surface area contributed by atoms with Crippen molar-refractivity contribution in [1.29, 1.82) is 5.26 Å². The van der Waals surface area contributed by atoms with Crippen LogP contribution in [0.25, 0.3) is 0 Å². The van der Waals surface area contributed by atoms with E-state index >= 15 is 0 Å². The SMILES string of the molecule is CN(CCC#N)C(C(=O)NC1CCCCC1)c1ccccc1. The van der Waals surface area contributed by atoms with Crippen LogP contribution in [0.2, 0.25) is 0 Å². The van der Waals surface area contributed by atoms with E-state index in [1.165, 1.54) is 19.3 Å². The molecular weight excluding hydrogens is 274 g/mol.